The van der Waals surface area contributed by atoms with Crippen LogP contribution in [-0.4, -0.2) is 24.6 Å². The van der Waals surface area contributed by atoms with Crippen molar-refractivity contribution in [2.24, 2.45) is 0 Å². The summed E-state index contributed by atoms with van der Waals surface area (Å²) in [6.45, 7) is 12.6. The molecule has 0 saturated heterocycles. The minimum atomic E-state index is -0.360. The molecule has 0 aliphatic heterocycles. The van der Waals surface area contributed by atoms with Gasteiger partial charge in [-0.3, -0.25) is 0 Å². The van der Waals surface area contributed by atoms with Gasteiger partial charge in [0, 0.05) is 11.1 Å². The van der Waals surface area contributed by atoms with Crippen LogP contribution in [0.5, 0.6) is 0 Å². The lowest BCUT2D eigenvalue weighted by atomic mass is 10.1. The van der Waals surface area contributed by atoms with Gasteiger partial charge in [0.2, 0.25) is 0 Å². The standard InChI is InChI=1S/C15H24O4/c1-6-13(19-15(17)12(4)5)9-7-8-10-18-14(16)11(2)3/h13H,2,4,6-10H2,1,3,5H3. The Labute approximate surface area is 115 Å². The van der Waals surface area contributed by atoms with Crippen molar-refractivity contribution in [3.63, 3.8) is 0 Å². The smallest absolute Gasteiger partial charge is 0.333 e. The fourth-order valence-electron chi connectivity index (χ4n) is 1.36. The molecule has 0 heterocycles. The monoisotopic (exact) mass is 268 g/mol. The Kier molecular flexibility index (Phi) is 8.58. The van der Waals surface area contributed by atoms with E-state index in [9.17, 15) is 9.59 Å². The predicted molar refractivity (Wildman–Crippen MR) is 74.6 cm³/mol. The Morgan fingerprint density at radius 2 is 1.63 bits per heavy atom. The molecule has 0 fully saturated rings. The van der Waals surface area contributed by atoms with Crippen LogP contribution in [0.4, 0.5) is 0 Å². The van der Waals surface area contributed by atoms with Crippen LogP contribution in [0.2, 0.25) is 0 Å². The van der Waals surface area contributed by atoms with Gasteiger partial charge in [-0.2, -0.15) is 0 Å². The summed E-state index contributed by atoms with van der Waals surface area (Å²) in [5.74, 6) is -0.707. The van der Waals surface area contributed by atoms with E-state index < -0.39 is 0 Å². The number of hydrogen-bond donors (Lipinski definition) is 0. The molecule has 0 saturated carbocycles. The molecule has 108 valence electrons. The highest BCUT2D eigenvalue weighted by atomic mass is 16.5. The quantitative estimate of drug-likeness (QED) is 0.366. The van der Waals surface area contributed by atoms with Gasteiger partial charge in [0.1, 0.15) is 6.10 Å². The third-order valence-corrected chi connectivity index (χ3v) is 2.58. The van der Waals surface area contributed by atoms with Crippen molar-refractivity contribution >= 4 is 11.9 Å². The van der Waals surface area contributed by atoms with Gasteiger partial charge in [0.05, 0.1) is 6.61 Å². The average Bonchev–Trinajstić information content (AvgIpc) is 2.35. The molecule has 0 aromatic heterocycles. The van der Waals surface area contributed by atoms with E-state index in [0.29, 0.717) is 17.8 Å². The summed E-state index contributed by atoms with van der Waals surface area (Å²) < 4.78 is 10.2. The zero-order valence-corrected chi connectivity index (χ0v) is 12.2. The first-order chi connectivity index (χ1) is 8.88. The molecule has 0 radical (unpaired) electrons. The molecule has 0 rings (SSSR count). The average molecular weight is 268 g/mol. The second-order valence-electron chi connectivity index (χ2n) is 4.63. The minimum absolute atomic E-state index is 0.0963. The van der Waals surface area contributed by atoms with Gasteiger partial charge >= 0.3 is 11.9 Å². The molecular formula is C15H24O4. The Morgan fingerprint density at radius 3 is 2.11 bits per heavy atom. The first kappa shape index (κ1) is 17.4. The highest BCUT2D eigenvalue weighted by Crippen LogP contribution is 2.11. The maximum absolute atomic E-state index is 11.4. The Morgan fingerprint density at radius 1 is 1.05 bits per heavy atom. The van der Waals surface area contributed by atoms with E-state index in [4.69, 9.17) is 9.47 Å². The first-order valence-electron chi connectivity index (χ1n) is 6.57. The molecule has 0 aliphatic carbocycles. The van der Waals surface area contributed by atoms with Crippen LogP contribution in [0.1, 0.15) is 46.5 Å². The molecule has 4 heteroatoms. The molecule has 0 bridgehead atoms. The van der Waals surface area contributed by atoms with Crippen molar-refractivity contribution in [3.8, 4) is 0 Å². The number of carbonyl (C=O) groups is 2. The number of hydrogen-bond acceptors (Lipinski definition) is 4. The summed E-state index contributed by atoms with van der Waals surface area (Å²) in [7, 11) is 0. The van der Waals surface area contributed by atoms with Crippen molar-refractivity contribution < 1.29 is 19.1 Å². The van der Waals surface area contributed by atoms with Crippen molar-refractivity contribution in [3.05, 3.63) is 24.3 Å². The van der Waals surface area contributed by atoms with Crippen molar-refractivity contribution in [1.29, 1.82) is 0 Å². The number of carbonyl (C=O) groups excluding carboxylic acids is 2. The summed E-state index contributed by atoms with van der Waals surface area (Å²) in [5.41, 5.74) is 0.815. The van der Waals surface area contributed by atoms with Gasteiger partial charge in [0.25, 0.3) is 0 Å². The third-order valence-electron chi connectivity index (χ3n) is 2.58. The number of esters is 2. The molecule has 19 heavy (non-hydrogen) atoms. The summed E-state index contributed by atoms with van der Waals surface area (Å²) in [6, 6.07) is 0. The van der Waals surface area contributed by atoms with Gasteiger partial charge < -0.3 is 9.47 Å². The summed E-state index contributed by atoms with van der Waals surface area (Å²) in [5, 5.41) is 0. The molecular weight excluding hydrogens is 244 g/mol. The molecule has 0 spiro atoms. The molecule has 4 nitrogen and oxygen atoms in total. The van der Waals surface area contributed by atoms with Crippen molar-refractivity contribution in [1.82, 2.24) is 0 Å². The number of rotatable bonds is 9. The molecule has 0 aromatic carbocycles. The van der Waals surface area contributed by atoms with Crippen LogP contribution in [-0.2, 0) is 19.1 Å². The van der Waals surface area contributed by atoms with E-state index in [0.717, 1.165) is 25.7 Å². The number of ether oxygens (including phenoxy) is 2. The van der Waals surface area contributed by atoms with E-state index in [1.54, 1.807) is 13.8 Å². The van der Waals surface area contributed by atoms with Crippen LogP contribution in [0.15, 0.2) is 24.3 Å². The van der Waals surface area contributed by atoms with Crippen LogP contribution in [0, 0.1) is 0 Å². The third kappa shape index (κ3) is 8.19. The topological polar surface area (TPSA) is 52.6 Å². The normalized spacial score (nSPS) is 11.5. The highest BCUT2D eigenvalue weighted by molar-refractivity contribution is 5.87. The summed E-state index contributed by atoms with van der Waals surface area (Å²) in [6.07, 6.45) is 3.03. The second-order valence-corrected chi connectivity index (χ2v) is 4.63. The Hall–Kier alpha value is -1.58. The highest BCUT2D eigenvalue weighted by Gasteiger charge is 2.12. The summed E-state index contributed by atoms with van der Waals surface area (Å²) in [4.78, 5) is 22.5. The lowest BCUT2D eigenvalue weighted by Gasteiger charge is -2.16. The van der Waals surface area contributed by atoms with Crippen LogP contribution >= 0.6 is 0 Å². The van der Waals surface area contributed by atoms with Crippen molar-refractivity contribution in [2.45, 2.75) is 52.6 Å². The fourth-order valence-corrected chi connectivity index (χ4v) is 1.36. The second kappa shape index (κ2) is 9.36. The van der Waals surface area contributed by atoms with Crippen LogP contribution < -0.4 is 0 Å². The maximum atomic E-state index is 11.4. The SMILES string of the molecule is C=C(C)C(=O)OCCCCC(CC)OC(=O)C(=C)C. The van der Waals surface area contributed by atoms with Gasteiger partial charge in [-0.1, -0.05) is 20.1 Å². The molecule has 1 atom stereocenters. The van der Waals surface area contributed by atoms with E-state index >= 15 is 0 Å². The maximum Gasteiger partial charge on any atom is 0.333 e. The van der Waals surface area contributed by atoms with Gasteiger partial charge in [-0.05, 0) is 39.5 Å². The predicted octanol–water partition coefficient (Wildman–Crippen LogP) is 3.17. The lowest BCUT2D eigenvalue weighted by Crippen LogP contribution is -2.18. The van der Waals surface area contributed by atoms with E-state index in [1.165, 1.54) is 0 Å². The zero-order valence-electron chi connectivity index (χ0n) is 12.2. The largest absolute Gasteiger partial charge is 0.462 e. The molecule has 0 amide bonds. The number of unbranched alkanes of at least 4 members (excludes halogenated alkanes) is 1. The van der Waals surface area contributed by atoms with Crippen molar-refractivity contribution in [2.75, 3.05) is 6.61 Å². The molecule has 0 aliphatic rings. The van der Waals surface area contributed by atoms with Crippen LogP contribution in [0.3, 0.4) is 0 Å². The lowest BCUT2D eigenvalue weighted by molar-refractivity contribution is -0.144. The minimum Gasteiger partial charge on any atom is -0.462 e. The zero-order chi connectivity index (χ0) is 14.8. The molecule has 0 N–H and O–H groups in total. The molecule has 1 unspecified atom stereocenters. The van der Waals surface area contributed by atoms with Gasteiger partial charge in [0.15, 0.2) is 0 Å². The Balaban J connectivity index is 3.79. The van der Waals surface area contributed by atoms with E-state index in [1.807, 2.05) is 6.92 Å². The first-order valence-corrected chi connectivity index (χ1v) is 6.57. The molecule has 0 aromatic rings. The summed E-state index contributed by atoms with van der Waals surface area (Å²) >= 11 is 0. The van der Waals surface area contributed by atoms with Crippen LogP contribution in [0.25, 0.3) is 0 Å². The fraction of sp³-hybridized carbons (Fsp3) is 0.600. The van der Waals surface area contributed by atoms with Gasteiger partial charge in [-0.15, -0.1) is 0 Å². The van der Waals surface area contributed by atoms with E-state index in [2.05, 4.69) is 13.2 Å². The Bertz CT molecular complexity index is 344. The van der Waals surface area contributed by atoms with Gasteiger partial charge in [-0.25, -0.2) is 9.59 Å². The van der Waals surface area contributed by atoms with E-state index in [-0.39, 0.29) is 18.0 Å².